The third-order valence-electron chi connectivity index (χ3n) is 3.00. The number of rotatable bonds is 0. The lowest BCUT2D eigenvalue weighted by Crippen LogP contribution is -2.16. The number of fused-ring (bicyclic) bond motifs is 1. The van der Waals surface area contributed by atoms with Gasteiger partial charge >= 0.3 is 0 Å². The van der Waals surface area contributed by atoms with Gasteiger partial charge in [0.25, 0.3) is 0 Å². The minimum atomic E-state index is -0.0422. The highest BCUT2D eigenvalue weighted by molar-refractivity contribution is 5.74. The summed E-state index contributed by atoms with van der Waals surface area (Å²) < 4.78 is 0. The first-order valence-electron chi connectivity index (χ1n) is 5.52. The SMILES string of the molecule is CC(C)=C1CNCCc2cc(O)c(O)cc21. The Morgan fingerprint density at radius 3 is 2.56 bits per heavy atom. The fourth-order valence-electron chi connectivity index (χ4n) is 2.09. The number of allylic oxidation sites excluding steroid dienone is 1. The molecule has 1 aliphatic rings. The van der Waals surface area contributed by atoms with Gasteiger partial charge in [-0.1, -0.05) is 5.57 Å². The van der Waals surface area contributed by atoms with Crippen LogP contribution in [-0.2, 0) is 6.42 Å². The Kier molecular flexibility index (Phi) is 2.88. The van der Waals surface area contributed by atoms with Crippen LogP contribution in [-0.4, -0.2) is 23.3 Å². The van der Waals surface area contributed by atoms with E-state index in [1.54, 1.807) is 12.1 Å². The van der Waals surface area contributed by atoms with Crippen molar-refractivity contribution in [2.45, 2.75) is 20.3 Å². The van der Waals surface area contributed by atoms with Gasteiger partial charge in [0.15, 0.2) is 11.5 Å². The summed E-state index contributed by atoms with van der Waals surface area (Å²) in [5.74, 6) is -0.0758. The van der Waals surface area contributed by atoms with E-state index in [0.717, 1.165) is 30.6 Å². The molecule has 0 amide bonds. The van der Waals surface area contributed by atoms with Gasteiger partial charge < -0.3 is 15.5 Å². The molecular weight excluding hydrogens is 202 g/mol. The van der Waals surface area contributed by atoms with E-state index in [2.05, 4.69) is 19.2 Å². The summed E-state index contributed by atoms with van der Waals surface area (Å²) in [6.45, 7) is 5.85. The minimum absolute atomic E-state index is 0.0336. The number of benzene rings is 1. The van der Waals surface area contributed by atoms with E-state index in [1.165, 1.54) is 11.1 Å². The largest absolute Gasteiger partial charge is 0.504 e. The Bertz CT molecular complexity index is 445. The molecule has 2 rings (SSSR count). The molecule has 0 aromatic heterocycles. The van der Waals surface area contributed by atoms with E-state index in [0.29, 0.717) is 0 Å². The van der Waals surface area contributed by atoms with E-state index < -0.39 is 0 Å². The third kappa shape index (κ3) is 1.91. The predicted octanol–water partition coefficient (Wildman–Crippen LogP) is 2.04. The molecule has 3 nitrogen and oxygen atoms in total. The molecule has 0 unspecified atom stereocenters. The van der Waals surface area contributed by atoms with E-state index in [4.69, 9.17) is 0 Å². The van der Waals surface area contributed by atoms with Crippen LogP contribution in [0.25, 0.3) is 5.57 Å². The molecule has 1 aliphatic heterocycles. The van der Waals surface area contributed by atoms with Crippen LogP contribution in [0.3, 0.4) is 0 Å². The monoisotopic (exact) mass is 219 g/mol. The van der Waals surface area contributed by atoms with Crippen molar-refractivity contribution in [1.82, 2.24) is 5.32 Å². The van der Waals surface area contributed by atoms with Gasteiger partial charge in [-0.2, -0.15) is 0 Å². The summed E-state index contributed by atoms with van der Waals surface area (Å²) in [6, 6.07) is 3.33. The number of phenols is 2. The average molecular weight is 219 g/mol. The van der Waals surface area contributed by atoms with Crippen molar-refractivity contribution in [3.05, 3.63) is 28.8 Å². The summed E-state index contributed by atoms with van der Waals surface area (Å²) >= 11 is 0. The van der Waals surface area contributed by atoms with Gasteiger partial charge in [0.2, 0.25) is 0 Å². The summed E-state index contributed by atoms with van der Waals surface area (Å²) in [5, 5.41) is 22.4. The van der Waals surface area contributed by atoms with Crippen LogP contribution in [0.2, 0.25) is 0 Å². The third-order valence-corrected chi connectivity index (χ3v) is 3.00. The van der Waals surface area contributed by atoms with Gasteiger partial charge in [0, 0.05) is 6.54 Å². The predicted molar refractivity (Wildman–Crippen MR) is 64.6 cm³/mol. The average Bonchev–Trinajstić information content (AvgIpc) is 2.41. The van der Waals surface area contributed by atoms with Gasteiger partial charge in [0.1, 0.15) is 0 Å². The van der Waals surface area contributed by atoms with Crippen LogP contribution in [0.15, 0.2) is 17.7 Å². The Labute approximate surface area is 95.4 Å². The molecule has 1 heterocycles. The lowest BCUT2D eigenvalue weighted by atomic mass is 9.95. The second-order valence-corrected chi connectivity index (χ2v) is 4.40. The lowest BCUT2D eigenvalue weighted by Gasteiger charge is -2.12. The molecule has 86 valence electrons. The topological polar surface area (TPSA) is 52.5 Å². The van der Waals surface area contributed by atoms with Crippen LogP contribution >= 0.6 is 0 Å². The molecule has 0 saturated carbocycles. The zero-order valence-electron chi connectivity index (χ0n) is 9.67. The van der Waals surface area contributed by atoms with Crippen LogP contribution in [0.5, 0.6) is 11.5 Å². The van der Waals surface area contributed by atoms with Gasteiger partial charge in [-0.05, 0) is 55.6 Å². The summed E-state index contributed by atoms with van der Waals surface area (Å²) in [5.41, 5.74) is 4.60. The fraction of sp³-hybridized carbons (Fsp3) is 0.385. The highest BCUT2D eigenvalue weighted by Gasteiger charge is 2.15. The van der Waals surface area contributed by atoms with E-state index in [9.17, 15) is 10.2 Å². The van der Waals surface area contributed by atoms with Crippen molar-refractivity contribution in [2.24, 2.45) is 0 Å². The van der Waals surface area contributed by atoms with Crippen molar-refractivity contribution in [1.29, 1.82) is 0 Å². The van der Waals surface area contributed by atoms with E-state index in [1.807, 2.05) is 0 Å². The molecule has 0 saturated heterocycles. The van der Waals surface area contributed by atoms with Crippen molar-refractivity contribution in [3.63, 3.8) is 0 Å². The summed E-state index contributed by atoms with van der Waals surface area (Å²) in [6.07, 6.45) is 0.875. The molecule has 0 bridgehead atoms. The molecule has 0 radical (unpaired) electrons. The number of nitrogens with one attached hydrogen (secondary N) is 1. The smallest absolute Gasteiger partial charge is 0.158 e. The molecule has 0 spiro atoms. The maximum Gasteiger partial charge on any atom is 0.158 e. The quantitative estimate of drug-likeness (QED) is 0.585. The highest BCUT2D eigenvalue weighted by Crippen LogP contribution is 2.34. The summed E-state index contributed by atoms with van der Waals surface area (Å²) in [7, 11) is 0. The summed E-state index contributed by atoms with van der Waals surface area (Å²) in [4.78, 5) is 0. The molecular formula is C13H17NO2. The zero-order valence-corrected chi connectivity index (χ0v) is 9.67. The first kappa shape index (κ1) is 11.0. The van der Waals surface area contributed by atoms with Gasteiger partial charge in [-0.3, -0.25) is 0 Å². The number of hydrogen-bond acceptors (Lipinski definition) is 3. The Balaban J connectivity index is 2.62. The van der Waals surface area contributed by atoms with Gasteiger partial charge in [-0.15, -0.1) is 0 Å². The second kappa shape index (κ2) is 4.18. The van der Waals surface area contributed by atoms with Crippen molar-refractivity contribution < 1.29 is 10.2 Å². The second-order valence-electron chi connectivity index (χ2n) is 4.40. The number of hydrogen-bond donors (Lipinski definition) is 3. The first-order chi connectivity index (χ1) is 7.59. The first-order valence-corrected chi connectivity index (χ1v) is 5.52. The Morgan fingerprint density at radius 2 is 1.88 bits per heavy atom. The van der Waals surface area contributed by atoms with Crippen LogP contribution in [0.4, 0.5) is 0 Å². The molecule has 0 aliphatic carbocycles. The van der Waals surface area contributed by atoms with Gasteiger partial charge in [0.05, 0.1) is 0 Å². The Morgan fingerprint density at radius 1 is 1.19 bits per heavy atom. The highest BCUT2D eigenvalue weighted by atomic mass is 16.3. The van der Waals surface area contributed by atoms with Crippen LogP contribution < -0.4 is 5.32 Å². The van der Waals surface area contributed by atoms with Crippen molar-refractivity contribution in [2.75, 3.05) is 13.1 Å². The minimum Gasteiger partial charge on any atom is -0.504 e. The fourth-order valence-corrected chi connectivity index (χ4v) is 2.09. The molecule has 1 aromatic carbocycles. The maximum atomic E-state index is 9.57. The zero-order chi connectivity index (χ0) is 11.7. The lowest BCUT2D eigenvalue weighted by molar-refractivity contribution is 0.403. The molecule has 1 aromatic rings. The molecule has 3 N–H and O–H groups in total. The standard InChI is InChI=1S/C13H17NO2/c1-8(2)11-7-14-4-3-9-5-12(15)13(16)6-10(9)11/h5-6,14-16H,3-4,7H2,1-2H3. The van der Waals surface area contributed by atoms with E-state index in [-0.39, 0.29) is 11.5 Å². The van der Waals surface area contributed by atoms with Crippen molar-refractivity contribution in [3.8, 4) is 11.5 Å². The normalized spacial score (nSPS) is 15.5. The maximum absolute atomic E-state index is 9.57. The number of aromatic hydroxyl groups is 2. The number of phenolic OH excluding ortho intramolecular Hbond substituents is 2. The molecule has 0 fully saturated rings. The molecule has 0 atom stereocenters. The molecule has 16 heavy (non-hydrogen) atoms. The molecule has 3 heteroatoms. The van der Waals surface area contributed by atoms with Crippen molar-refractivity contribution >= 4 is 5.57 Å². The van der Waals surface area contributed by atoms with Gasteiger partial charge in [-0.25, -0.2) is 0 Å². The van der Waals surface area contributed by atoms with Crippen LogP contribution in [0, 0.1) is 0 Å². The van der Waals surface area contributed by atoms with E-state index >= 15 is 0 Å². The Hall–Kier alpha value is -1.48. The van der Waals surface area contributed by atoms with Crippen LogP contribution in [0.1, 0.15) is 25.0 Å².